The van der Waals surface area contributed by atoms with Gasteiger partial charge < -0.3 is 10.2 Å². The van der Waals surface area contributed by atoms with E-state index in [4.69, 9.17) is 23.2 Å². The minimum Gasteiger partial charge on any atom is -0.384 e. The first-order chi connectivity index (χ1) is 11.1. The Kier molecular flexibility index (Phi) is 4.79. The maximum Gasteiger partial charge on any atom is 0.229 e. The Hall–Kier alpha value is -1.71. The lowest BCUT2D eigenvalue weighted by Gasteiger charge is -2.23. The second-order valence-electron chi connectivity index (χ2n) is 5.75. The van der Waals surface area contributed by atoms with Gasteiger partial charge in [-0.1, -0.05) is 41.4 Å². The summed E-state index contributed by atoms with van der Waals surface area (Å²) in [7, 11) is 0. The number of para-hydroxylation sites is 1. The zero-order valence-corrected chi connectivity index (χ0v) is 14.4. The number of hydrogen-bond acceptors (Lipinski definition) is 2. The predicted molar refractivity (Wildman–Crippen MR) is 96.7 cm³/mol. The first-order valence-corrected chi connectivity index (χ1v) is 8.41. The van der Waals surface area contributed by atoms with E-state index >= 15 is 0 Å². The summed E-state index contributed by atoms with van der Waals surface area (Å²) in [4.78, 5) is 14.5. The number of benzene rings is 2. The molecule has 3 nitrogen and oxygen atoms in total. The second-order valence-corrected chi connectivity index (χ2v) is 6.57. The number of carbonyl (C=O) groups is 1. The van der Waals surface area contributed by atoms with Gasteiger partial charge >= 0.3 is 0 Å². The first kappa shape index (κ1) is 16.2. The standard InChI is InChI=1S/C18H18Cl2N2O/c1-12-10-13-4-2-3-5-17(13)22(12)18(23)8-9-21-14-6-7-15(19)16(20)11-14/h2-7,11-12,21H,8-10H2,1H3. The Morgan fingerprint density at radius 3 is 2.78 bits per heavy atom. The Bertz CT molecular complexity index is 733. The zero-order valence-electron chi connectivity index (χ0n) is 12.9. The SMILES string of the molecule is CC1Cc2ccccc2N1C(=O)CCNc1ccc(Cl)c(Cl)c1. The number of hydrogen-bond donors (Lipinski definition) is 1. The van der Waals surface area contributed by atoms with Gasteiger partial charge in [-0.25, -0.2) is 0 Å². The summed E-state index contributed by atoms with van der Waals surface area (Å²) in [5.41, 5.74) is 3.15. The molecule has 1 N–H and O–H groups in total. The number of nitrogens with one attached hydrogen (secondary N) is 1. The maximum atomic E-state index is 12.6. The van der Waals surface area contributed by atoms with Crippen LogP contribution in [0, 0.1) is 0 Å². The van der Waals surface area contributed by atoms with Gasteiger partial charge in [-0.3, -0.25) is 4.79 Å². The van der Waals surface area contributed by atoms with Crippen molar-refractivity contribution >= 4 is 40.5 Å². The molecular formula is C18H18Cl2N2O. The molecule has 0 spiro atoms. The van der Waals surface area contributed by atoms with Crippen molar-refractivity contribution in [2.75, 3.05) is 16.8 Å². The minimum absolute atomic E-state index is 0.134. The Morgan fingerprint density at radius 1 is 1.22 bits per heavy atom. The van der Waals surface area contributed by atoms with Gasteiger partial charge in [0.05, 0.1) is 10.0 Å². The second kappa shape index (κ2) is 6.81. The number of amides is 1. The van der Waals surface area contributed by atoms with Crippen LogP contribution in [0.3, 0.4) is 0 Å². The van der Waals surface area contributed by atoms with Gasteiger partial charge in [0.2, 0.25) is 5.91 Å². The van der Waals surface area contributed by atoms with E-state index in [1.54, 1.807) is 12.1 Å². The van der Waals surface area contributed by atoms with Crippen LogP contribution in [0.15, 0.2) is 42.5 Å². The van der Waals surface area contributed by atoms with Gasteiger partial charge in [0.15, 0.2) is 0 Å². The van der Waals surface area contributed by atoms with Crippen LogP contribution in [-0.2, 0) is 11.2 Å². The summed E-state index contributed by atoms with van der Waals surface area (Å²) < 4.78 is 0. The largest absolute Gasteiger partial charge is 0.384 e. The van der Waals surface area contributed by atoms with E-state index in [9.17, 15) is 4.79 Å². The van der Waals surface area contributed by atoms with E-state index < -0.39 is 0 Å². The Balaban J connectivity index is 1.60. The maximum absolute atomic E-state index is 12.6. The molecule has 3 rings (SSSR count). The highest BCUT2D eigenvalue weighted by Gasteiger charge is 2.29. The molecule has 2 aromatic rings. The van der Waals surface area contributed by atoms with Crippen LogP contribution in [0.5, 0.6) is 0 Å². The zero-order chi connectivity index (χ0) is 16.4. The van der Waals surface area contributed by atoms with E-state index in [1.807, 2.05) is 29.2 Å². The molecule has 1 amide bonds. The topological polar surface area (TPSA) is 32.3 Å². The molecule has 0 saturated carbocycles. The molecule has 23 heavy (non-hydrogen) atoms. The lowest BCUT2D eigenvalue weighted by atomic mass is 10.1. The van der Waals surface area contributed by atoms with Gasteiger partial charge in [0.25, 0.3) is 0 Å². The van der Waals surface area contributed by atoms with Crippen LogP contribution in [0.4, 0.5) is 11.4 Å². The summed E-state index contributed by atoms with van der Waals surface area (Å²) >= 11 is 11.9. The molecule has 0 bridgehead atoms. The third-order valence-electron chi connectivity index (χ3n) is 4.06. The van der Waals surface area contributed by atoms with Crippen LogP contribution < -0.4 is 10.2 Å². The van der Waals surface area contributed by atoms with Crippen molar-refractivity contribution in [3.63, 3.8) is 0 Å². The molecule has 120 valence electrons. The summed E-state index contributed by atoms with van der Waals surface area (Å²) in [6, 6.07) is 13.7. The molecule has 0 saturated heterocycles. The average molecular weight is 349 g/mol. The van der Waals surface area contributed by atoms with Crippen LogP contribution in [-0.4, -0.2) is 18.5 Å². The molecule has 1 aliphatic rings. The number of halogens is 2. The van der Waals surface area contributed by atoms with E-state index in [1.165, 1.54) is 5.56 Å². The van der Waals surface area contributed by atoms with Crippen molar-refractivity contribution < 1.29 is 4.79 Å². The van der Waals surface area contributed by atoms with E-state index in [2.05, 4.69) is 18.3 Å². The van der Waals surface area contributed by atoms with Crippen molar-refractivity contribution in [2.24, 2.45) is 0 Å². The third kappa shape index (κ3) is 3.46. The molecule has 0 aromatic heterocycles. The monoisotopic (exact) mass is 348 g/mol. The van der Waals surface area contributed by atoms with Crippen molar-refractivity contribution in [3.05, 3.63) is 58.1 Å². The van der Waals surface area contributed by atoms with Crippen LogP contribution >= 0.6 is 23.2 Å². The molecule has 1 heterocycles. The van der Waals surface area contributed by atoms with Gasteiger partial charge in [-0.2, -0.15) is 0 Å². The number of nitrogens with zero attached hydrogens (tertiary/aromatic N) is 1. The summed E-state index contributed by atoms with van der Waals surface area (Å²) in [6.45, 7) is 2.65. The molecule has 1 atom stereocenters. The van der Waals surface area contributed by atoms with Crippen LogP contribution in [0.25, 0.3) is 0 Å². The average Bonchev–Trinajstić information content (AvgIpc) is 2.86. The fraction of sp³-hybridized carbons (Fsp3) is 0.278. The van der Waals surface area contributed by atoms with Crippen molar-refractivity contribution in [1.29, 1.82) is 0 Å². The van der Waals surface area contributed by atoms with Crippen LogP contribution in [0.1, 0.15) is 18.9 Å². The highest BCUT2D eigenvalue weighted by Crippen LogP contribution is 2.32. The lowest BCUT2D eigenvalue weighted by Crippen LogP contribution is -2.36. The normalized spacial score (nSPS) is 16.3. The van der Waals surface area contributed by atoms with E-state index in [0.29, 0.717) is 23.0 Å². The van der Waals surface area contributed by atoms with E-state index in [-0.39, 0.29) is 11.9 Å². The highest BCUT2D eigenvalue weighted by atomic mass is 35.5. The Morgan fingerprint density at radius 2 is 2.00 bits per heavy atom. The summed E-state index contributed by atoms with van der Waals surface area (Å²) in [5.74, 6) is 0.134. The van der Waals surface area contributed by atoms with Gasteiger partial charge in [0, 0.05) is 30.4 Å². The van der Waals surface area contributed by atoms with Gasteiger partial charge in [0.1, 0.15) is 0 Å². The van der Waals surface area contributed by atoms with Gasteiger partial charge in [-0.15, -0.1) is 0 Å². The molecule has 1 aliphatic heterocycles. The lowest BCUT2D eigenvalue weighted by molar-refractivity contribution is -0.118. The quantitative estimate of drug-likeness (QED) is 0.862. The fourth-order valence-electron chi connectivity index (χ4n) is 2.99. The number of carbonyl (C=O) groups excluding carboxylic acids is 1. The molecule has 0 radical (unpaired) electrons. The van der Waals surface area contributed by atoms with Gasteiger partial charge in [-0.05, 0) is 43.2 Å². The molecule has 5 heteroatoms. The summed E-state index contributed by atoms with van der Waals surface area (Å²) in [5, 5.41) is 4.24. The predicted octanol–water partition coefficient (Wildman–Crippen LogP) is 4.77. The van der Waals surface area contributed by atoms with Crippen molar-refractivity contribution in [3.8, 4) is 0 Å². The first-order valence-electron chi connectivity index (χ1n) is 7.65. The number of rotatable bonds is 4. The highest BCUT2D eigenvalue weighted by molar-refractivity contribution is 6.42. The van der Waals surface area contributed by atoms with E-state index in [0.717, 1.165) is 17.8 Å². The number of anilines is 2. The smallest absolute Gasteiger partial charge is 0.229 e. The van der Waals surface area contributed by atoms with Crippen LogP contribution in [0.2, 0.25) is 10.0 Å². The molecule has 2 aromatic carbocycles. The molecule has 0 fully saturated rings. The molecule has 0 aliphatic carbocycles. The minimum atomic E-state index is 0.134. The molecular weight excluding hydrogens is 331 g/mol. The Labute approximate surface area is 146 Å². The fourth-order valence-corrected chi connectivity index (χ4v) is 3.28. The molecule has 1 unspecified atom stereocenters. The van der Waals surface area contributed by atoms with Crippen molar-refractivity contribution in [1.82, 2.24) is 0 Å². The summed E-state index contributed by atoms with van der Waals surface area (Å²) in [6.07, 6.45) is 1.35. The third-order valence-corrected chi connectivity index (χ3v) is 4.80. The number of fused-ring (bicyclic) bond motifs is 1. The van der Waals surface area contributed by atoms with Crippen molar-refractivity contribution in [2.45, 2.75) is 25.8 Å².